The molecule has 0 unspecified atom stereocenters. The second-order valence-corrected chi connectivity index (χ2v) is 3.04. The maximum Gasteiger partial charge on any atom is 0.208 e. The lowest BCUT2D eigenvalue weighted by Gasteiger charge is -2.03. The lowest BCUT2D eigenvalue weighted by atomic mass is 10.2. The van der Waals surface area contributed by atoms with Gasteiger partial charge >= 0.3 is 0 Å². The normalized spacial score (nSPS) is 10.0. The second-order valence-electron chi connectivity index (χ2n) is 2.66. The van der Waals surface area contributed by atoms with Crippen molar-refractivity contribution in [2.75, 3.05) is 0 Å². The van der Waals surface area contributed by atoms with Gasteiger partial charge in [-0.1, -0.05) is 0 Å². The molecular formula is C7H12N4S. The number of aromatic nitrogens is 2. The summed E-state index contributed by atoms with van der Waals surface area (Å²) in [5.41, 5.74) is 5.54. The summed E-state index contributed by atoms with van der Waals surface area (Å²) in [6.07, 6.45) is 0. The Bertz CT molecular complexity index is 315. The van der Waals surface area contributed by atoms with E-state index in [1.165, 1.54) is 0 Å². The molecule has 0 aliphatic carbocycles. The van der Waals surface area contributed by atoms with Crippen molar-refractivity contribution in [1.82, 2.24) is 15.2 Å². The molecule has 0 radical (unpaired) electrons. The number of rotatable bonds is 0. The van der Waals surface area contributed by atoms with Crippen LogP contribution in [-0.2, 0) is 0 Å². The highest BCUT2D eigenvalue weighted by Gasteiger charge is 2.09. The molecular weight excluding hydrogens is 172 g/mol. The molecule has 1 aromatic heterocycles. The van der Waals surface area contributed by atoms with E-state index in [1.54, 1.807) is 4.68 Å². The molecule has 0 saturated carbocycles. The molecule has 0 fully saturated rings. The van der Waals surface area contributed by atoms with Crippen molar-refractivity contribution in [3.05, 3.63) is 17.0 Å². The highest BCUT2D eigenvalue weighted by molar-refractivity contribution is 7.80. The maximum absolute atomic E-state index is 5.18. The number of aryl methyl sites for hydroxylation is 1. The topological polar surface area (TPSA) is 55.9 Å². The fourth-order valence-corrected chi connectivity index (χ4v) is 1.16. The van der Waals surface area contributed by atoms with E-state index in [4.69, 9.17) is 18.1 Å². The third-order valence-corrected chi connectivity index (χ3v) is 2.26. The SMILES string of the molecule is Cc1nn(C(=S)NN)c(C)c1C. The van der Waals surface area contributed by atoms with Crippen molar-refractivity contribution >= 4 is 17.3 Å². The van der Waals surface area contributed by atoms with Gasteiger partial charge < -0.3 is 0 Å². The predicted molar refractivity (Wildman–Crippen MR) is 51.8 cm³/mol. The Morgan fingerprint density at radius 1 is 1.50 bits per heavy atom. The standard InChI is InChI=1S/C7H12N4S/c1-4-5(2)10-11(6(4)3)7(12)9-8/h8H2,1-3H3,(H,9,12). The lowest BCUT2D eigenvalue weighted by molar-refractivity contribution is 0.838. The van der Waals surface area contributed by atoms with Crippen molar-refractivity contribution in [2.24, 2.45) is 5.84 Å². The van der Waals surface area contributed by atoms with Gasteiger partial charge in [-0.05, 0) is 38.6 Å². The molecule has 1 rings (SSSR count). The van der Waals surface area contributed by atoms with E-state index in [9.17, 15) is 0 Å². The van der Waals surface area contributed by atoms with Crippen LogP contribution in [0.1, 0.15) is 17.0 Å². The van der Waals surface area contributed by atoms with Gasteiger partial charge in [0.2, 0.25) is 5.11 Å². The van der Waals surface area contributed by atoms with E-state index < -0.39 is 0 Å². The van der Waals surface area contributed by atoms with Crippen LogP contribution < -0.4 is 11.3 Å². The molecule has 1 aromatic rings. The average Bonchev–Trinajstić information content (AvgIpc) is 2.32. The third-order valence-electron chi connectivity index (χ3n) is 1.97. The summed E-state index contributed by atoms with van der Waals surface area (Å²) in [4.78, 5) is 0. The van der Waals surface area contributed by atoms with Crippen LogP contribution >= 0.6 is 12.2 Å². The van der Waals surface area contributed by atoms with Crippen LogP contribution in [0.3, 0.4) is 0 Å². The smallest absolute Gasteiger partial charge is 0.208 e. The van der Waals surface area contributed by atoms with Gasteiger partial charge in [0.1, 0.15) is 0 Å². The van der Waals surface area contributed by atoms with Gasteiger partial charge in [0, 0.05) is 5.69 Å². The molecule has 3 N–H and O–H groups in total. The molecule has 0 aliphatic rings. The van der Waals surface area contributed by atoms with Crippen LogP contribution in [0, 0.1) is 20.8 Å². The number of hydrogen-bond donors (Lipinski definition) is 2. The zero-order valence-electron chi connectivity index (χ0n) is 7.38. The number of nitrogens with one attached hydrogen (secondary N) is 1. The minimum atomic E-state index is 0.420. The van der Waals surface area contributed by atoms with E-state index in [1.807, 2.05) is 20.8 Å². The molecule has 0 aromatic carbocycles. The van der Waals surface area contributed by atoms with Crippen LogP contribution in [-0.4, -0.2) is 14.9 Å². The molecule has 4 nitrogen and oxygen atoms in total. The Morgan fingerprint density at radius 2 is 2.08 bits per heavy atom. The number of hydrazine groups is 1. The number of hydrogen-bond acceptors (Lipinski definition) is 3. The highest BCUT2D eigenvalue weighted by atomic mass is 32.1. The molecule has 5 heteroatoms. The molecule has 1 heterocycles. The summed E-state index contributed by atoms with van der Waals surface area (Å²) in [5, 5.41) is 4.63. The molecule has 0 bridgehead atoms. The average molecular weight is 184 g/mol. The van der Waals surface area contributed by atoms with Crippen LogP contribution in [0.4, 0.5) is 0 Å². The van der Waals surface area contributed by atoms with Crippen LogP contribution in [0.15, 0.2) is 0 Å². The van der Waals surface area contributed by atoms with Crippen molar-refractivity contribution in [3.63, 3.8) is 0 Å². The number of thiocarbonyl (C=S) groups is 1. The van der Waals surface area contributed by atoms with Gasteiger partial charge in [-0.15, -0.1) is 0 Å². The predicted octanol–water partition coefficient (Wildman–Crippen LogP) is 0.405. The van der Waals surface area contributed by atoms with Crippen LogP contribution in [0.2, 0.25) is 0 Å². The summed E-state index contributed by atoms with van der Waals surface area (Å²) in [5.74, 6) is 5.18. The molecule has 66 valence electrons. The van der Waals surface area contributed by atoms with E-state index in [0.717, 1.165) is 17.0 Å². The Hall–Kier alpha value is -0.940. The third kappa shape index (κ3) is 1.33. The number of nitrogens with zero attached hydrogens (tertiary/aromatic N) is 2. The van der Waals surface area contributed by atoms with Gasteiger partial charge in [0.15, 0.2) is 0 Å². The largest absolute Gasteiger partial charge is 0.299 e. The summed E-state index contributed by atoms with van der Waals surface area (Å²) >= 11 is 4.95. The first-order valence-electron chi connectivity index (χ1n) is 3.61. The molecule has 0 aliphatic heterocycles. The Balaban J connectivity index is 3.17. The summed E-state index contributed by atoms with van der Waals surface area (Å²) in [6.45, 7) is 5.91. The number of nitrogens with two attached hydrogens (primary N) is 1. The van der Waals surface area contributed by atoms with E-state index in [-0.39, 0.29) is 0 Å². The fourth-order valence-electron chi connectivity index (χ4n) is 0.980. The fraction of sp³-hybridized carbons (Fsp3) is 0.429. The van der Waals surface area contributed by atoms with Crippen molar-refractivity contribution < 1.29 is 0 Å². The van der Waals surface area contributed by atoms with Crippen molar-refractivity contribution in [1.29, 1.82) is 0 Å². The zero-order valence-corrected chi connectivity index (χ0v) is 8.20. The molecule has 0 amide bonds. The minimum Gasteiger partial charge on any atom is -0.299 e. The highest BCUT2D eigenvalue weighted by Crippen LogP contribution is 2.09. The Kier molecular flexibility index (Phi) is 2.44. The van der Waals surface area contributed by atoms with Gasteiger partial charge in [0.25, 0.3) is 0 Å². The molecule has 0 spiro atoms. The summed E-state index contributed by atoms with van der Waals surface area (Å²) in [7, 11) is 0. The summed E-state index contributed by atoms with van der Waals surface area (Å²) in [6, 6.07) is 0. The van der Waals surface area contributed by atoms with Crippen LogP contribution in [0.25, 0.3) is 0 Å². The monoisotopic (exact) mass is 184 g/mol. The van der Waals surface area contributed by atoms with Gasteiger partial charge in [0.05, 0.1) is 5.69 Å². The zero-order chi connectivity index (χ0) is 9.30. The molecule has 12 heavy (non-hydrogen) atoms. The molecule has 0 saturated heterocycles. The first-order chi connectivity index (χ1) is 5.57. The first-order valence-corrected chi connectivity index (χ1v) is 4.02. The minimum absolute atomic E-state index is 0.420. The lowest BCUT2D eigenvalue weighted by Crippen LogP contribution is -2.35. The van der Waals surface area contributed by atoms with Crippen molar-refractivity contribution in [2.45, 2.75) is 20.8 Å². The quantitative estimate of drug-likeness (QED) is 0.348. The Labute approximate surface area is 76.7 Å². The van der Waals surface area contributed by atoms with E-state index in [2.05, 4.69) is 10.5 Å². The molecule has 0 atom stereocenters. The van der Waals surface area contributed by atoms with Gasteiger partial charge in [-0.3, -0.25) is 5.43 Å². The van der Waals surface area contributed by atoms with E-state index >= 15 is 0 Å². The summed E-state index contributed by atoms with van der Waals surface area (Å²) < 4.78 is 1.62. The van der Waals surface area contributed by atoms with Crippen LogP contribution in [0.5, 0.6) is 0 Å². The first kappa shape index (κ1) is 9.15. The Morgan fingerprint density at radius 3 is 2.42 bits per heavy atom. The second kappa shape index (κ2) is 3.20. The van der Waals surface area contributed by atoms with Gasteiger partial charge in [-0.2, -0.15) is 5.10 Å². The maximum atomic E-state index is 5.18. The van der Waals surface area contributed by atoms with Crippen molar-refractivity contribution in [3.8, 4) is 0 Å². The van der Waals surface area contributed by atoms with Gasteiger partial charge in [-0.25, -0.2) is 10.5 Å². The van der Waals surface area contributed by atoms with E-state index in [0.29, 0.717) is 5.11 Å².